The fraction of sp³-hybridized carbons (Fsp3) is 0.211. The van der Waals surface area contributed by atoms with Gasteiger partial charge in [-0.25, -0.2) is 5.01 Å². The van der Waals surface area contributed by atoms with Crippen molar-refractivity contribution in [1.82, 2.24) is 0 Å². The lowest BCUT2D eigenvalue weighted by atomic mass is 10.1. The highest BCUT2D eigenvalue weighted by atomic mass is 35.5. The zero-order valence-corrected chi connectivity index (χ0v) is 14.8. The highest BCUT2D eigenvalue weighted by Gasteiger charge is 2.25. The van der Waals surface area contributed by atoms with Gasteiger partial charge in [0.15, 0.2) is 0 Å². The van der Waals surface area contributed by atoms with Crippen LogP contribution < -0.4 is 10.3 Å². The van der Waals surface area contributed by atoms with Crippen LogP contribution in [-0.2, 0) is 9.59 Å². The molecule has 0 aliphatic carbocycles. The summed E-state index contributed by atoms with van der Waals surface area (Å²) in [6.07, 6.45) is 0.557. The van der Waals surface area contributed by atoms with E-state index in [1.807, 2.05) is 32.0 Å². The third kappa shape index (κ3) is 3.72. The smallest absolute Gasteiger partial charge is 0.271 e. The van der Waals surface area contributed by atoms with E-state index in [1.165, 1.54) is 5.01 Å². The first-order valence-corrected chi connectivity index (χ1v) is 8.37. The molecule has 6 heteroatoms. The molecule has 3 rings (SSSR count). The molecule has 1 heterocycles. The van der Waals surface area contributed by atoms with Crippen LogP contribution in [0.2, 0.25) is 5.02 Å². The largest absolute Gasteiger partial charge is 0.321 e. The van der Waals surface area contributed by atoms with Crippen molar-refractivity contribution in [2.24, 2.45) is 5.10 Å². The van der Waals surface area contributed by atoms with Gasteiger partial charge in [-0.2, -0.15) is 5.10 Å². The molecule has 2 aromatic carbocycles. The number of nitrogens with one attached hydrogen (secondary N) is 1. The van der Waals surface area contributed by atoms with Crippen LogP contribution in [0, 0.1) is 13.8 Å². The summed E-state index contributed by atoms with van der Waals surface area (Å²) in [5.41, 5.74) is 3.78. The standard InChI is InChI=1S/C19H18ClN3O2/c1-12-4-3-5-16(13(12)2)21-19(25)17-10-11-18(24)23(22-17)15-8-6-14(20)7-9-15/h3-9H,10-11H2,1-2H3,(H,21,25). The Hall–Kier alpha value is -2.66. The van der Waals surface area contributed by atoms with Crippen molar-refractivity contribution in [3.8, 4) is 0 Å². The van der Waals surface area contributed by atoms with E-state index >= 15 is 0 Å². The second-order valence-electron chi connectivity index (χ2n) is 5.93. The molecule has 0 saturated heterocycles. The highest BCUT2D eigenvalue weighted by Crippen LogP contribution is 2.23. The van der Waals surface area contributed by atoms with E-state index in [1.54, 1.807) is 24.3 Å². The molecular formula is C19H18ClN3O2. The molecule has 0 unspecified atom stereocenters. The first kappa shape index (κ1) is 17.2. The molecule has 0 atom stereocenters. The lowest BCUT2D eigenvalue weighted by Crippen LogP contribution is -2.36. The molecule has 1 N–H and O–H groups in total. The number of benzene rings is 2. The maximum atomic E-state index is 12.6. The van der Waals surface area contributed by atoms with E-state index in [0.29, 0.717) is 22.8 Å². The van der Waals surface area contributed by atoms with Gasteiger partial charge < -0.3 is 5.32 Å². The Labute approximate surface area is 151 Å². The van der Waals surface area contributed by atoms with Gasteiger partial charge in [0, 0.05) is 23.6 Å². The molecule has 1 aliphatic rings. The minimum Gasteiger partial charge on any atom is -0.321 e. The van der Waals surface area contributed by atoms with E-state index in [4.69, 9.17) is 11.6 Å². The Balaban J connectivity index is 1.84. The van der Waals surface area contributed by atoms with Gasteiger partial charge in [-0.15, -0.1) is 0 Å². The average Bonchev–Trinajstić information content (AvgIpc) is 2.60. The minimum absolute atomic E-state index is 0.148. The third-order valence-corrected chi connectivity index (χ3v) is 4.47. The lowest BCUT2D eigenvalue weighted by molar-refractivity contribution is -0.118. The Kier molecular flexibility index (Phi) is 4.86. The van der Waals surface area contributed by atoms with Gasteiger partial charge >= 0.3 is 0 Å². The van der Waals surface area contributed by atoms with Gasteiger partial charge in [-0.1, -0.05) is 23.7 Å². The molecule has 2 aromatic rings. The fourth-order valence-electron chi connectivity index (χ4n) is 2.58. The third-order valence-electron chi connectivity index (χ3n) is 4.22. The molecule has 0 radical (unpaired) electrons. The lowest BCUT2D eigenvalue weighted by Gasteiger charge is -2.23. The Morgan fingerprint density at radius 3 is 2.56 bits per heavy atom. The van der Waals surface area contributed by atoms with Crippen molar-refractivity contribution >= 4 is 40.5 Å². The molecule has 0 bridgehead atoms. The van der Waals surface area contributed by atoms with Crippen molar-refractivity contribution < 1.29 is 9.59 Å². The number of nitrogens with zero attached hydrogens (tertiary/aromatic N) is 2. The highest BCUT2D eigenvalue weighted by molar-refractivity contribution is 6.44. The van der Waals surface area contributed by atoms with Crippen LogP contribution in [0.5, 0.6) is 0 Å². The summed E-state index contributed by atoms with van der Waals surface area (Å²) in [7, 11) is 0. The van der Waals surface area contributed by atoms with Gasteiger partial charge in [-0.3, -0.25) is 9.59 Å². The van der Waals surface area contributed by atoms with Crippen LogP contribution in [0.25, 0.3) is 0 Å². The maximum absolute atomic E-state index is 12.6. The number of anilines is 2. The molecule has 0 saturated carbocycles. The van der Waals surface area contributed by atoms with E-state index in [-0.39, 0.29) is 18.2 Å². The van der Waals surface area contributed by atoms with Crippen LogP contribution in [0.4, 0.5) is 11.4 Å². The number of hydrazone groups is 1. The molecule has 128 valence electrons. The number of halogens is 1. The summed E-state index contributed by atoms with van der Waals surface area (Å²) in [5.74, 6) is -0.439. The maximum Gasteiger partial charge on any atom is 0.271 e. The summed E-state index contributed by atoms with van der Waals surface area (Å²) in [5, 5.41) is 8.98. The molecule has 1 aliphatic heterocycles. The van der Waals surface area contributed by atoms with Crippen molar-refractivity contribution in [3.05, 3.63) is 58.6 Å². The number of hydrogen-bond donors (Lipinski definition) is 1. The van der Waals surface area contributed by atoms with Crippen LogP contribution in [0.15, 0.2) is 47.6 Å². The fourth-order valence-corrected chi connectivity index (χ4v) is 2.71. The van der Waals surface area contributed by atoms with Crippen molar-refractivity contribution in [2.75, 3.05) is 10.3 Å². The second-order valence-corrected chi connectivity index (χ2v) is 6.37. The van der Waals surface area contributed by atoms with Gasteiger partial charge in [0.25, 0.3) is 5.91 Å². The van der Waals surface area contributed by atoms with E-state index in [0.717, 1.165) is 16.8 Å². The van der Waals surface area contributed by atoms with E-state index < -0.39 is 0 Å². The molecule has 0 aromatic heterocycles. The number of rotatable bonds is 3. The summed E-state index contributed by atoms with van der Waals surface area (Å²) >= 11 is 5.88. The summed E-state index contributed by atoms with van der Waals surface area (Å²) in [4.78, 5) is 24.7. The minimum atomic E-state index is -0.292. The number of carbonyl (C=O) groups excluding carboxylic acids is 2. The zero-order chi connectivity index (χ0) is 18.0. The molecular weight excluding hydrogens is 338 g/mol. The monoisotopic (exact) mass is 355 g/mol. The summed E-state index contributed by atoms with van der Waals surface area (Å²) < 4.78 is 0. The Bertz CT molecular complexity index is 859. The molecule has 0 spiro atoms. The predicted octanol–water partition coefficient (Wildman–Crippen LogP) is 4.08. The number of carbonyl (C=O) groups is 2. The molecule has 25 heavy (non-hydrogen) atoms. The predicted molar refractivity (Wildman–Crippen MR) is 100 cm³/mol. The summed E-state index contributed by atoms with van der Waals surface area (Å²) in [6.45, 7) is 3.95. The van der Waals surface area contributed by atoms with Gasteiger partial charge in [0.05, 0.1) is 5.69 Å². The molecule has 2 amide bonds. The van der Waals surface area contributed by atoms with Gasteiger partial charge in [0.2, 0.25) is 5.91 Å². The first-order chi connectivity index (χ1) is 12.0. The van der Waals surface area contributed by atoms with E-state index in [9.17, 15) is 9.59 Å². The topological polar surface area (TPSA) is 61.8 Å². The van der Waals surface area contributed by atoms with Crippen LogP contribution in [0.3, 0.4) is 0 Å². The average molecular weight is 356 g/mol. The second kappa shape index (κ2) is 7.07. The SMILES string of the molecule is Cc1cccc(NC(=O)C2=NN(c3ccc(Cl)cc3)C(=O)CC2)c1C. The normalized spacial score (nSPS) is 14.3. The van der Waals surface area contributed by atoms with Crippen LogP contribution >= 0.6 is 11.6 Å². The van der Waals surface area contributed by atoms with Crippen molar-refractivity contribution in [2.45, 2.75) is 26.7 Å². The zero-order valence-electron chi connectivity index (χ0n) is 14.0. The molecule has 0 fully saturated rings. The van der Waals surface area contributed by atoms with E-state index in [2.05, 4.69) is 10.4 Å². The quantitative estimate of drug-likeness (QED) is 0.901. The first-order valence-electron chi connectivity index (χ1n) is 7.99. The number of hydrogen-bond acceptors (Lipinski definition) is 3. The molecule has 5 nitrogen and oxygen atoms in total. The number of aryl methyl sites for hydroxylation is 1. The van der Waals surface area contributed by atoms with Crippen LogP contribution in [0.1, 0.15) is 24.0 Å². The van der Waals surface area contributed by atoms with Gasteiger partial charge in [0.1, 0.15) is 5.71 Å². The van der Waals surface area contributed by atoms with Crippen molar-refractivity contribution in [1.29, 1.82) is 0 Å². The van der Waals surface area contributed by atoms with Crippen molar-refractivity contribution in [3.63, 3.8) is 0 Å². The Morgan fingerprint density at radius 1 is 1.12 bits per heavy atom. The summed E-state index contributed by atoms with van der Waals surface area (Å²) in [6, 6.07) is 12.5. The number of amides is 2. The Morgan fingerprint density at radius 2 is 1.84 bits per heavy atom. The van der Waals surface area contributed by atoms with Crippen LogP contribution in [-0.4, -0.2) is 17.5 Å². The van der Waals surface area contributed by atoms with Gasteiger partial charge in [-0.05, 0) is 55.3 Å².